The molecule has 8 heteroatoms. The van der Waals surface area contributed by atoms with Crippen LogP contribution in [0.15, 0.2) is 47.5 Å². The predicted octanol–water partition coefficient (Wildman–Crippen LogP) is 4.12. The molecule has 4 rings (SSSR count). The van der Waals surface area contributed by atoms with Crippen molar-refractivity contribution < 1.29 is 9.47 Å². The second-order valence-electron chi connectivity index (χ2n) is 7.45. The van der Waals surface area contributed by atoms with Crippen molar-refractivity contribution in [3.05, 3.63) is 63.2 Å². The molecule has 0 atom stereocenters. The van der Waals surface area contributed by atoms with Crippen molar-refractivity contribution in [2.45, 2.75) is 39.0 Å². The summed E-state index contributed by atoms with van der Waals surface area (Å²) < 4.78 is 13.3. The average molecular weight is 451 g/mol. The summed E-state index contributed by atoms with van der Waals surface area (Å²) in [4.78, 5) is 21.9. The summed E-state index contributed by atoms with van der Waals surface area (Å²) in [6.45, 7) is 2.88. The molecule has 7 nitrogen and oxygen atoms in total. The highest BCUT2D eigenvalue weighted by molar-refractivity contribution is 7.15. The molecule has 0 aliphatic rings. The summed E-state index contributed by atoms with van der Waals surface area (Å²) in [5.74, 6) is 1.88. The molecule has 0 aliphatic heterocycles. The van der Waals surface area contributed by atoms with Crippen LogP contribution in [0, 0.1) is 0 Å². The molecule has 1 aromatic carbocycles. The molecular formula is C24H26N4O3S. The number of fused-ring (bicyclic) bond motifs is 1. The zero-order valence-electron chi connectivity index (χ0n) is 18.3. The van der Waals surface area contributed by atoms with Gasteiger partial charge in [-0.1, -0.05) is 50.0 Å². The monoisotopic (exact) mass is 450 g/mol. The Morgan fingerprint density at radius 2 is 1.88 bits per heavy atom. The van der Waals surface area contributed by atoms with E-state index in [-0.39, 0.29) is 5.56 Å². The first-order chi connectivity index (χ1) is 15.7. The predicted molar refractivity (Wildman–Crippen MR) is 126 cm³/mol. The van der Waals surface area contributed by atoms with Gasteiger partial charge in [0, 0.05) is 18.0 Å². The lowest BCUT2D eigenvalue weighted by molar-refractivity contribution is 0.285. The van der Waals surface area contributed by atoms with Crippen LogP contribution < -0.4 is 19.6 Å². The Bertz CT molecular complexity index is 1280. The highest BCUT2D eigenvalue weighted by Gasteiger charge is 2.12. The maximum atomic E-state index is 12.8. The minimum absolute atomic E-state index is 0.191. The van der Waals surface area contributed by atoms with Gasteiger partial charge in [-0.05, 0) is 42.3 Å². The Morgan fingerprint density at radius 3 is 2.62 bits per heavy atom. The molecule has 0 fully saturated rings. The van der Waals surface area contributed by atoms with E-state index in [1.165, 1.54) is 41.5 Å². The van der Waals surface area contributed by atoms with E-state index in [1.807, 2.05) is 36.4 Å². The Morgan fingerprint density at radius 1 is 1.06 bits per heavy atom. The number of ether oxygens (including phenoxy) is 2. The van der Waals surface area contributed by atoms with E-state index in [2.05, 4.69) is 22.0 Å². The van der Waals surface area contributed by atoms with Gasteiger partial charge in [0.15, 0.2) is 17.3 Å². The molecule has 0 unspecified atom stereocenters. The van der Waals surface area contributed by atoms with Gasteiger partial charge in [-0.3, -0.25) is 9.78 Å². The SMILES string of the molecule is CCCCCCCOc1ccc(/C=c2/sc3nc(-c4ccncc4)nn3c2=O)cc1OC. The van der Waals surface area contributed by atoms with Gasteiger partial charge in [0.05, 0.1) is 18.2 Å². The number of pyridine rings is 1. The van der Waals surface area contributed by atoms with Crippen LogP contribution in [0.3, 0.4) is 0 Å². The molecular weight excluding hydrogens is 424 g/mol. The Hall–Kier alpha value is -3.26. The third kappa shape index (κ3) is 4.96. The van der Waals surface area contributed by atoms with Gasteiger partial charge in [0.1, 0.15) is 0 Å². The van der Waals surface area contributed by atoms with Crippen LogP contribution in [0.1, 0.15) is 44.6 Å². The standard InChI is InChI=1S/C24H26N4O3S/c1-3-4-5-6-7-14-31-19-9-8-17(15-20(19)30-2)16-21-23(29)28-24(32-21)26-22(27-28)18-10-12-25-13-11-18/h8-13,15-16H,3-7,14H2,1-2H3/b21-16+. The number of hydrogen-bond donors (Lipinski definition) is 0. The van der Waals surface area contributed by atoms with Crippen molar-refractivity contribution >= 4 is 22.4 Å². The first kappa shape index (κ1) is 22.0. The van der Waals surface area contributed by atoms with Crippen LogP contribution in [-0.4, -0.2) is 33.3 Å². The largest absolute Gasteiger partial charge is 0.493 e. The minimum atomic E-state index is -0.191. The Balaban J connectivity index is 1.52. The summed E-state index contributed by atoms with van der Waals surface area (Å²) in [5.41, 5.74) is 1.49. The van der Waals surface area contributed by atoms with Crippen molar-refractivity contribution in [3.63, 3.8) is 0 Å². The van der Waals surface area contributed by atoms with Crippen molar-refractivity contribution in [1.82, 2.24) is 19.6 Å². The number of hydrogen-bond acceptors (Lipinski definition) is 7. The van der Waals surface area contributed by atoms with Crippen LogP contribution in [0.4, 0.5) is 0 Å². The van der Waals surface area contributed by atoms with Crippen molar-refractivity contribution in [2.24, 2.45) is 0 Å². The fourth-order valence-electron chi connectivity index (χ4n) is 3.39. The second-order valence-corrected chi connectivity index (χ2v) is 8.46. The van der Waals surface area contributed by atoms with E-state index in [4.69, 9.17) is 9.47 Å². The zero-order valence-corrected chi connectivity index (χ0v) is 19.1. The van der Waals surface area contributed by atoms with Gasteiger partial charge >= 0.3 is 0 Å². The molecule has 3 aromatic heterocycles. The first-order valence-corrected chi connectivity index (χ1v) is 11.6. The third-order valence-electron chi connectivity index (χ3n) is 5.11. The number of nitrogens with zero attached hydrogens (tertiary/aromatic N) is 4. The zero-order chi connectivity index (χ0) is 22.3. The maximum Gasteiger partial charge on any atom is 0.291 e. The van der Waals surface area contributed by atoms with Gasteiger partial charge in [0.25, 0.3) is 5.56 Å². The fourth-order valence-corrected chi connectivity index (χ4v) is 4.30. The first-order valence-electron chi connectivity index (χ1n) is 10.8. The Labute approximate surface area is 190 Å². The average Bonchev–Trinajstić information content (AvgIpc) is 3.36. The van der Waals surface area contributed by atoms with Crippen LogP contribution >= 0.6 is 11.3 Å². The molecule has 0 amide bonds. The van der Waals surface area contributed by atoms with Gasteiger partial charge in [-0.15, -0.1) is 5.10 Å². The lowest BCUT2D eigenvalue weighted by Crippen LogP contribution is -2.23. The van der Waals surface area contributed by atoms with E-state index in [1.54, 1.807) is 19.5 Å². The van der Waals surface area contributed by atoms with Crippen LogP contribution in [0.5, 0.6) is 11.5 Å². The van der Waals surface area contributed by atoms with Gasteiger partial charge in [0.2, 0.25) is 4.96 Å². The van der Waals surface area contributed by atoms with Crippen LogP contribution in [-0.2, 0) is 0 Å². The number of benzene rings is 1. The topological polar surface area (TPSA) is 78.6 Å². The van der Waals surface area contributed by atoms with Crippen molar-refractivity contribution in [3.8, 4) is 22.9 Å². The summed E-state index contributed by atoms with van der Waals surface area (Å²) in [6, 6.07) is 9.33. The summed E-state index contributed by atoms with van der Waals surface area (Å²) >= 11 is 1.31. The number of rotatable bonds is 10. The van der Waals surface area contributed by atoms with E-state index in [0.29, 0.717) is 33.4 Å². The van der Waals surface area contributed by atoms with E-state index in [0.717, 1.165) is 17.5 Å². The summed E-state index contributed by atoms with van der Waals surface area (Å²) in [7, 11) is 1.62. The lowest BCUT2D eigenvalue weighted by Gasteiger charge is -2.11. The molecule has 32 heavy (non-hydrogen) atoms. The van der Waals surface area contributed by atoms with Gasteiger partial charge in [-0.25, -0.2) is 0 Å². The molecule has 0 saturated heterocycles. The van der Waals surface area contributed by atoms with Crippen molar-refractivity contribution in [1.29, 1.82) is 0 Å². The maximum absolute atomic E-state index is 12.8. The summed E-state index contributed by atoms with van der Waals surface area (Å²) in [6.07, 6.45) is 11.1. The minimum Gasteiger partial charge on any atom is -0.493 e. The van der Waals surface area contributed by atoms with Crippen LogP contribution in [0.25, 0.3) is 22.4 Å². The molecule has 3 heterocycles. The molecule has 166 valence electrons. The quantitative estimate of drug-likeness (QED) is 0.338. The normalized spacial score (nSPS) is 11.9. The molecule has 0 radical (unpaired) electrons. The highest BCUT2D eigenvalue weighted by atomic mass is 32.1. The summed E-state index contributed by atoms with van der Waals surface area (Å²) in [5, 5.41) is 4.36. The molecule has 4 aromatic rings. The van der Waals surface area contributed by atoms with Gasteiger partial charge < -0.3 is 9.47 Å². The molecule has 0 bridgehead atoms. The Kier molecular flexibility index (Phi) is 7.11. The van der Waals surface area contributed by atoms with Crippen LogP contribution in [0.2, 0.25) is 0 Å². The van der Waals surface area contributed by atoms with Crippen molar-refractivity contribution in [2.75, 3.05) is 13.7 Å². The number of thiazole rings is 1. The number of unbranched alkanes of at least 4 members (excludes halogenated alkanes) is 4. The lowest BCUT2D eigenvalue weighted by atomic mass is 10.1. The van der Waals surface area contributed by atoms with E-state index >= 15 is 0 Å². The number of aromatic nitrogens is 4. The highest BCUT2D eigenvalue weighted by Crippen LogP contribution is 2.28. The second kappa shape index (κ2) is 10.4. The van der Waals surface area contributed by atoms with Gasteiger partial charge in [-0.2, -0.15) is 9.50 Å². The molecule has 0 aliphatic carbocycles. The van der Waals surface area contributed by atoms with E-state index in [9.17, 15) is 4.79 Å². The smallest absolute Gasteiger partial charge is 0.291 e. The molecule has 0 saturated carbocycles. The fraction of sp³-hybridized carbons (Fsp3) is 0.333. The molecule has 0 spiro atoms. The van der Waals surface area contributed by atoms with E-state index < -0.39 is 0 Å². The molecule has 0 N–H and O–H groups in total. The third-order valence-corrected chi connectivity index (χ3v) is 6.07. The number of methoxy groups -OCH3 is 1.